The molecule has 3 heterocycles. The van der Waals surface area contributed by atoms with Gasteiger partial charge >= 0.3 is 0 Å². The molecule has 0 spiro atoms. The molecule has 0 radical (unpaired) electrons. The van der Waals surface area contributed by atoms with Crippen LogP contribution < -0.4 is 10.6 Å². The van der Waals surface area contributed by atoms with Crippen molar-refractivity contribution in [1.29, 1.82) is 0 Å². The van der Waals surface area contributed by atoms with Crippen molar-refractivity contribution >= 4 is 11.6 Å². The van der Waals surface area contributed by atoms with Crippen molar-refractivity contribution in [3.8, 4) is 5.69 Å². The van der Waals surface area contributed by atoms with E-state index < -0.39 is 11.9 Å². The molecule has 1 unspecified atom stereocenters. The first kappa shape index (κ1) is 17.1. The van der Waals surface area contributed by atoms with Gasteiger partial charge in [-0.25, -0.2) is 9.37 Å². The molecule has 0 bridgehead atoms. The number of hydrogen-bond acceptors (Lipinski definition) is 5. The van der Waals surface area contributed by atoms with Gasteiger partial charge in [0.25, 0.3) is 0 Å². The fraction of sp³-hybridized carbons (Fsp3) is 0.444. The van der Waals surface area contributed by atoms with Crippen LogP contribution in [-0.4, -0.2) is 59.2 Å². The average molecular weight is 359 g/mol. The summed E-state index contributed by atoms with van der Waals surface area (Å²) in [7, 11) is 1.71. The van der Waals surface area contributed by atoms with Gasteiger partial charge in [0.1, 0.15) is 11.6 Å². The lowest BCUT2D eigenvalue weighted by Crippen LogP contribution is -2.51. The van der Waals surface area contributed by atoms with E-state index in [-0.39, 0.29) is 17.7 Å². The van der Waals surface area contributed by atoms with Crippen molar-refractivity contribution in [3.63, 3.8) is 0 Å². The standard InChI is InChI=1S/C18H22FN5O2/c1-26-13-9-22(10-13)11-17-21-5-7-23(17)12-2-3-16(14(19)8-12)24-6-4-15(20)18(24)25/h2-3,5,7-8,13,15H,4,6,9-11,20H2,1H3. The average Bonchev–Trinajstić information content (AvgIpc) is 3.18. The second kappa shape index (κ2) is 6.79. The van der Waals surface area contributed by atoms with Crippen LogP contribution in [0.15, 0.2) is 30.6 Å². The molecule has 8 heteroatoms. The van der Waals surface area contributed by atoms with Crippen LogP contribution in [0, 0.1) is 5.82 Å². The maximum Gasteiger partial charge on any atom is 0.244 e. The number of methoxy groups -OCH3 is 1. The predicted molar refractivity (Wildman–Crippen MR) is 94.5 cm³/mol. The molecule has 4 rings (SSSR count). The summed E-state index contributed by atoms with van der Waals surface area (Å²) in [6, 6.07) is 4.33. The number of carbonyl (C=O) groups is 1. The highest BCUT2D eigenvalue weighted by atomic mass is 19.1. The predicted octanol–water partition coefficient (Wildman–Crippen LogP) is 0.906. The quantitative estimate of drug-likeness (QED) is 0.859. The number of benzene rings is 1. The van der Waals surface area contributed by atoms with Crippen LogP contribution in [0.3, 0.4) is 0 Å². The molecule has 2 fully saturated rings. The maximum absolute atomic E-state index is 14.7. The first-order valence-electron chi connectivity index (χ1n) is 8.71. The zero-order chi connectivity index (χ0) is 18.3. The number of imidazole rings is 1. The second-order valence-corrected chi connectivity index (χ2v) is 6.79. The molecule has 1 aromatic heterocycles. The number of ether oxygens (including phenoxy) is 1. The van der Waals surface area contributed by atoms with Crippen LogP contribution in [0.5, 0.6) is 0 Å². The lowest BCUT2D eigenvalue weighted by atomic mass is 10.1. The number of likely N-dealkylation sites (tertiary alicyclic amines) is 1. The molecule has 1 amide bonds. The number of halogens is 1. The molecule has 0 aliphatic carbocycles. The Morgan fingerprint density at radius 3 is 2.85 bits per heavy atom. The summed E-state index contributed by atoms with van der Waals surface area (Å²) in [4.78, 5) is 20.1. The third-order valence-electron chi connectivity index (χ3n) is 5.09. The topological polar surface area (TPSA) is 76.6 Å². The first-order chi connectivity index (χ1) is 12.6. The Morgan fingerprint density at radius 1 is 1.38 bits per heavy atom. The van der Waals surface area contributed by atoms with Crippen LogP contribution in [-0.2, 0) is 16.1 Å². The van der Waals surface area contributed by atoms with Gasteiger partial charge < -0.3 is 19.9 Å². The second-order valence-electron chi connectivity index (χ2n) is 6.79. The number of anilines is 1. The van der Waals surface area contributed by atoms with Crippen molar-refractivity contribution in [2.24, 2.45) is 5.73 Å². The molecule has 2 aliphatic rings. The molecule has 2 aromatic rings. The summed E-state index contributed by atoms with van der Waals surface area (Å²) in [6.45, 7) is 2.86. The Bertz CT molecular complexity index is 818. The van der Waals surface area contributed by atoms with Crippen LogP contribution in [0.2, 0.25) is 0 Å². The Labute approximate surface area is 151 Å². The summed E-state index contributed by atoms with van der Waals surface area (Å²) < 4.78 is 21.8. The summed E-state index contributed by atoms with van der Waals surface area (Å²) in [5, 5.41) is 0. The van der Waals surface area contributed by atoms with Crippen LogP contribution in [0.25, 0.3) is 5.69 Å². The Morgan fingerprint density at radius 2 is 2.19 bits per heavy atom. The number of rotatable bonds is 5. The maximum atomic E-state index is 14.7. The molecule has 0 saturated carbocycles. The molecule has 1 aromatic carbocycles. The SMILES string of the molecule is COC1CN(Cc2nccn2-c2ccc(N3CCC(N)C3=O)c(F)c2)C1. The summed E-state index contributed by atoms with van der Waals surface area (Å²) in [6.07, 6.45) is 4.34. The van der Waals surface area contributed by atoms with Gasteiger partial charge in [-0.1, -0.05) is 0 Å². The molecule has 7 nitrogen and oxygen atoms in total. The van der Waals surface area contributed by atoms with Crippen LogP contribution >= 0.6 is 0 Å². The van der Waals surface area contributed by atoms with Crippen LogP contribution in [0.4, 0.5) is 10.1 Å². The lowest BCUT2D eigenvalue weighted by molar-refractivity contribution is -0.118. The van der Waals surface area contributed by atoms with Crippen molar-refractivity contribution < 1.29 is 13.9 Å². The Kier molecular flexibility index (Phi) is 4.47. The minimum absolute atomic E-state index is 0.231. The van der Waals surface area contributed by atoms with E-state index >= 15 is 0 Å². The van der Waals surface area contributed by atoms with Gasteiger partial charge in [-0.3, -0.25) is 9.69 Å². The highest BCUT2D eigenvalue weighted by Gasteiger charge is 2.31. The van der Waals surface area contributed by atoms with Gasteiger partial charge in [0.15, 0.2) is 0 Å². The van der Waals surface area contributed by atoms with E-state index in [4.69, 9.17) is 10.5 Å². The van der Waals surface area contributed by atoms with Gasteiger partial charge in [-0.05, 0) is 18.6 Å². The van der Waals surface area contributed by atoms with Crippen molar-refractivity contribution in [2.45, 2.75) is 25.1 Å². The number of hydrogen-bond donors (Lipinski definition) is 1. The van der Waals surface area contributed by atoms with Crippen molar-refractivity contribution in [1.82, 2.24) is 14.5 Å². The molecule has 2 aliphatic heterocycles. The van der Waals surface area contributed by atoms with Crippen LogP contribution in [0.1, 0.15) is 12.2 Å². The van der Waals surface area contributed by atoms with E-state index in [1.54, 1.807) is 25.4 Å². The molecular weight excluding hydrogens is 337 g/mol. The number of nitrogens with two attached hydrogens (primary N) is 1. The highest BCUT2D eigenvalue weighted by molar-refractivity contribution is 5.99. The monoisotopic (exact) mass is 359 g/mol. The van der Waals surface area contributed by atoms with Gasteiger partial charge in [0.2, 0.25) is 5.91 Å². The van der Waals surface area contributed by atoms with Gasteiger partial charge in [0.05, 0.1) is 24.4 Å². The number of amides is 1. The fourth-order valence-corrected chi connectivity index (χ4v) is 3.49. The summed E-state index contributed by atoms with van der Waals surface area (Å²) >= 11 is 0. The summed E-state index contributed by atoms with van der Waals surface area (Å²) in [5.74, 6) is 0.171. The smallest absolute Gasteiger partial charge is 0.244 e. The third-order valence-corrected chi connectivity index (χ3v) is 5.09. The fourth-order valence-electron chi connectivity index (χ4n) is 3.49. The molecule has 138 valence electrons. The Balaban J connectivity index is 1.53. The number of carbonyl (C=O) groups excluding carboxylic acids is 1. The van der Waals surface area contributed by atoms with E-state index in [0.29, 0.717) is 25.2 Å². The van der Waals surface area contributed by atoms with E-state index in [2.05, 4.69) is 9.88 Å². The van der Waals surface area contributed by atoms with Crippen molar-refractivity contribution in [2.75, 3.05) is 31.6 Å². The van der Waals surface area contributed by atoms with E-state index in [9.17, 15) is 9.18 Å². The minimum atomic E-state index is -0.540. The molecule has 1 atom stereocenters. The van der Waals surface area contributed by atoms with Gasteiger partial charge in [0, 0.05) is 50.9 Å². The van der Waals surface area contributed by atoms with Crippen molar-refractivity contribution in [3.05, 3.63) is 42.2 Å². The molecule has 26 heavy (non-hydrogen) atoms. The normalized spacial score (nSPS) is 21.4. The first-order valence-corrected chi connectivity index (χ1v) is 8.71. The zero-order valence-corrected chi connectivity index (χ0v) is 14.6. The highest BCUT2D eigenvalue weighted by Crippen LogP contribution is 2.27. The number of aromatic nitrogens is 2. The van der Waals surface area contributed by atoms with E-state index in [1.165, 1.54) is 11.0 Å². The lowest BCUT2D eigenvalue weighted by Gasteiger charge is -2.37. The van der Waals surface area contributed by atoms with E-state index in [0.717, 1.165) is 18.9 Å². The zero-order valence-electron chi connectivity index (χ0n) is 14.6. The minimum Gasteiger partial charge on any atom is -0.379 e. The van der Waals surface area contributed by atoms with Gasteiger partial charge in [-0.15, -0.1) is 0 Å². The summed E-state index contributed by atoms with van der Waals surface area (Å²) in [5.41, 5.74) is 6.68. The van der Waals surface area contributed by atoms with Gasteiger partial charge in [-0.2, -0.15) is 0 Å². The number of nitrogens with zero attached hydrogens (tertiary/aromatic N) is 4. The molecule has 2 N–H and O–H groups in total. The molecular formula is C18H22FN5O2. The largest absolute Gasteiger partial charge is 0.379 e. The Hall–Kier alpha value is -2.29. The molecule has 2 saturated heterocycles. The third kappa shape index (κ3) is 3.00. The van der Waals surface area contributed by atoms with E-state index in [1.807, 2.05) is 10.8 Å².